The van der Waals surface area contributed by atoms with Gasteiger partial charge in [-0.05, 0) is 55.6 Å². The minimum Gasteiger partial charge on any atom is -0.325 e. The predicted molar refractivity (Wildman–Crippen MR) is 101 cm³/mol. The summed E-state index contributed by atoms with van der Waals surface area (Å²) in [5.41, 5.74) is 0.848. The minimum absolute atomic E-state index is 0. The standard InChI is InChI=1S/C17H23ClN2OS.ClH/c1-2-22-16-6-3-12(18)10-15(16)20-17(21)9-11-7-13-4-5-14(8-11)19-13;/h3,6,10-11,13-14,19H,2,4-5,7-9H2,1H3,(H,20,21);1H. The maximum Gasteiger partial charge on any atom is 0.224 e. The van der Waals surface area contributed by atoms with Crippen molar-refractivity contribution in [2.24, 2.45) is 5.92 Å². The number of hydrogen-bond donors (Lipinski definition) is 2. The number of fused-ring (bicyclic) bond motifs is 2. The Labute approximate surface area is 153 Å². The van der Waals surface area contributed by atoms with Crippen LogP contribution in [0.4, 0.5) is 5.69 Å². The smallest absolute Gasteiger partial charge is 0.224 e. The van der Waals surface area contributed by atoms with Crippen molar-refractivity contribution >= 4 is 47.4 Å². The molecule has 3 nitrogen and oxygen atoms in total. The van der Waals surface area contributed by atoms with E-state index in [1.165, 1.54) is 12.8 Å². The molecule has 3 rings (SSSR count). The Morgan fingerprint density at radius 3 is 2.70 bits per heavy atom. The average molecular weight is 375 g/mol. The van der Waals surface area contributed by atoms with Crippen molar-refractivity contribution < 1.29 is 4.79 Å². The Kier molecular flexibility index (Phi) is 7.08. The molecular weight excluding hydrogens is 351 g/mol. The van der Waals surface area contributed by atoms with E-state index < -0.39 is 0 Å². The first-order valence-electron chi connectivity index (χ1n) is 8.12. The number of carbonyl (C=O) groups is 1. The highest BCUT2D eigenvalue weighted by Crippen LogP contribution is 2.34. The molecule has 1 amide bonds. The van der Waals surface area contributed by atoms with Crippen molar-refractivity contribution in [1.29, 1.82) is 0 Å². The van der Waals surface area contributed by atoms with Crippen LogP contribution in [0.25, 0.3) is 0 Å². The molecule has 0 saturated carbocycles. The maximum absolute atomic E-state index is 12.4. The van der Waals surface area contributed by atoms with Crippen molar-refractivity contribution in [1.82, 2.24) is 5.32 Å². The molecule has 2 saturated heterocycles. The van der Waals surface area contributed by atoms with Crippen LogP contribution < -0.4 is 10.6 Å². The molecule has 1 aromatic rings. The number of anilines is 1. The second-order valence-electron chi connectivity index (χ2n) is 6.30. The first kappa shape index (κ1) is 18.9. The maximum atomic E-state index is 12.4. The summed E-state index contributed by atoms with van der Waals surface area (Å²) in [7, 11) is 0. The SMILES string of the molecule is CCSc1ccc(Cl)cc1NC(=O)CC1CC2CCC(C1)N2.Cl. The van der Waals surface area contributed by atoms with Gasteiger partial charge in [0.2, 0.25) is 5.91 Å². The van der Waals surface area contributed by atoms with Crippen LogP contribution in [0.2, 0.25) is 5.02 Å². The quantitative estimate of drug-likeness (QED) is 0.731. The number of rotatable bonds is 5. The summed E-state index contributed by atoms with van der Waals surface area (Å²) in [6.45, 7) is 2.11. The van der Waals surface area contributed by atoms with Crippen LogP contribution >= 0.6 is 35.8 Å². The molecule has 23 heavy (non-hydrogen) atoms. The topological polar surface area (TPSA) is 41.1 Å². The zero-order chi connectivity index (χ0) is 15.5. The lowest BCUT2D eigenvalue weighted by Crippen LogP contribution is -2.39. The summed E-state index contributed by atoms with van der Waals surface area (Å²) >= 11 is 7.80. The van der Waals surface area contributed by atoms with Gasteiger partial charge in [-0.25, -0.2) is 0 Å². The van der Waals surface area contributed by atoms with Crippen molar-refractivity contribution in [3.8, 4) is 0 Å². The zero-order valence-electron chi connectivity index (χ0n) is 13.3. The van der Waals surface area contributed by atoms with Gasteiger partial charge >= 0.3 is 0 Å². The third kappa shape index (κ3) is 5.02. The van der Waals surface area contributed by atoms with Crippen LogP contribution in [0.5, 0.6) is 0 Å². The van der Waals surface area contributed by atoms with Gasteiger partial charge in [0.1, 0.15) is 0 Å². The van der Waals surface area contributed by atoms with E-state index in [1.807, 2.05) is 18.2 Å². The summed E-state index contributed by atoms with van der Waals surface area (Å²) in [6.07, 6.45) is 5.44. The third-order valence-corrected chi connectivity index (χ3v) is 5.75. The normalized spacial score (nSPS) is 25.7. The number of thioether (sulfide) groups is 1. The number of piperidine rings is 1. The van der Waals surface area contributed by atoms with Crippen LogP contribution in [-0.2, 0) is 4.79 Å². The average Bonchev–Trinajstić information content (AvgIpc) is 2.81. The van der Waals surface area contributed by atoms with Crippen molar-refractivity contribution in [3.63, 3.8) is 0 Å². The monoisotopic (exact) mass is 374 g/mol. The molecule has 2 N–H and O–H groups in total. The van der Waals surface area contributed by atoms with Gasteiger partial charge in [-0.2, -0.15) is 0 Å². The molecule has 2 heterocycles. The second kappa shape index (κ2) is 8.61. The van der Waals surface area contributed by atoms with Gasteiger partial charge in [0.15, 0.2) is 0 Å². The van der Waals surface area contributed by atoms with Gasteiger partial charge in [-0.15, -0.1) is 24.2 Å². The number of hydrogen-bond acceptors (Lipinski definition) is 3. The molecule has 0 aliphatic carbocycles. The fourth-order valence-corrected chi connectivity index (χ4v) is 4.60. The van der Waals surface area contributed by atoms with Gasteiger partial charge < -0.3 is 10.6 Å². The van der Waals surface area contributed by atoms with Crippen molar-refractivity contribution in [2.75, 3.05) is 11.1 Å². The summed E-state index contributed by atoms with van der Waals surface area (Å²) in [6, 6.07) is 6.98. The lowest BCUT2D eigenvalue weighted by molar-refractivity contribution is -0.117. The Morgan fingerprint density at radius 2 is 2.04 bits per heavy atom. The Bertz CT molecular complexity index is 543. The number of nitrogens with one attached hydrogen (secondary N) is 2. The highest BCUT2D eigenvalue weighted by molar-refractivity contribution is 7.99. The highest BCUT2D eigenvalue weighted by atomic mass is 35.5. The molecule has 2 aliphatic rings. The Morgan fingerprint density at radius 1 is 1.35 bits per heavy atom. The number of amides is 1. The minimum atomic E-state index is 0. The first-order valence-corrected chi connectivity index (χ1v) is 9.48. The van der Waals surface area contributed by atoms with Crippen LogP contribution in [0.1, 0.15) is 39.0 Å². The number of carbonyl (C=O) groups excluding carboxylic acids is 1. The molecule has 2 bridgehead atoms. The Hall–Kier alpha value is -0.420. The van der Waals surface area contributed by atoms with Crippen LogP contribution in [0, 0.1) is 5.92 Å². The van der Waals surface area contributed by atoms with E-state index in [0.717, 1.165) is 29.2 Å². The van der Waals surface area contributed by atoms with E-state index in [4.69, 9.17) is 11.6 Å². The number of benzene rings is 1. The molecule has 6 heteroatoms. The first-order chi connectivity index (χ1) is 10.6. The Balaban J connectivity index is 0.00000192. The molecule has 2 atom stereocenters. The van der Waals surface area contributed by atoms with Gasteiger partial charge in [0.05, 0.1) is 5.69 Å². The van der Waals surface area contributed by atoms with E-state index >= 15 is 0 Å². The lowest BCUT2D eigenvalue weighted by Gasteiger charge is -2.28. The van der Waals surface area contributed by atoms with E-state index in [1.54, 1.807) is 11.8 Å². The summed E-state index contributed by atoms with van der Waals surface area (Å²) < 4.78 is 0. The third-order valence-electron chi connectivity index (χ3n) is 4.56. The van der Waals surface area contributed by atoms with Gasteiger partial charge in [0, 0.05) is 28.4 Å². The van der Waals surface area contributed by atoms with Crippen LogP contribution in [0.3, 0.4) is 0 Å². The van der Waals surface area contributed by atoms with Crippen molar-refractivity contribution in [3.05, 3.63) is 23.2 Å². The van der Waals surface area contributed by atoms with E-state index in [9.17, 15) is 4.79 Å². The summed E-state index contributed by atoms with van der Waals surface area (Å²) in [5, 5.41) is 7.36. The lowest BCUT2D eigenvalue weighted by atomic mass is 9.89. The molecule has 0 spiro atoms. The fourth-order valence-electron chi connectivity index (χ4n) is 3.69. The molecular formula is C17H24Cl2N2OS. The van der Waals surface area contributed by atoms with Crippen molar-refractivity contribution in [2.45, 2.75) is 56.0 Å². The molecule has 2 fully saturated rings. The predicted octanol–water partition coefficient (Wildman–Crippen LogP) is 4.73. The summed E-state index contributed by atoms with van der Waals surface area (Å²) in [4.78, 5) is 13.5. The highest BCUT2D eigenvalue weighted by Gasteiger charge is 2.34. The zero-order valence-corrected chi connectivity index (χ0v) is 15.7. The number of halogens is 2. The van der Waals surface area contributed by atoms with Crippen LogP contribution in [-0.4, -0.2) is 23.7 Å². The molecule has 2 aliphatic heterocycles. The van der Waals surface area contributed by atoms with Gasteiger partial charge in [-0.3, -0.25) is 4.79 Å². The molecule has 0 radical (unpaired) electrons. The molecule has 0 aromatic heterocycles. The molecule has 2 unspecified atom stereocenters. The molecule has 128 valence electrons. The van der Waals surface area contributed by atoms with E-state index in [-0.39, 0.29) is 18.3 Å². The van der Waals surface area contributed by atoms with E-state index in [2.05, 4.69) is 17.6 Å². The summed E-state index contributed by atoms with van der Waals surface area (Å²) in [5.74, 6) is 1.61. The van der Waals surface area contributed by atoms with E-state index in [0.29, 0.717) is 29.4 Å². The van der Waals surface area contributed by atoms with Crippen LogP contribution in [0.15, 0.2) is 23.1 Å². The second-order valence-corrected chi connectivity index (χ2v) is 8.04. The van der Waals surface area contributed by atoms with Gasteiger partial charge in [0.25, 0.3) is 0 Å². The largest absolute Gasteiger partial charge is 0.325 e. The fraction of sp³-hybridized carbons (Fsp3) is 0.588. The van der Waals surface area contributed by atoms with Gasteiger partial charge in [-0.1, -0.05) is 18.5 Å². The molecule has 1 aromatic carbocycles.